The van der Waals surface area contributed by atoms with Crippen molar-refractivity contribution in [2.75, 3.05) is 13.7 Å². The number of benzene rings is 1. The number of H-pyrrole nitrogens is 1. The lowest BCUT2D eigenvalue weighted by Crippen LogP contribution is -2.26. The summed E-state index contributed by atoms with van der Waals surface area (Å²) in [6.45, 7) is 0.563. The highest BCUT2D eigenvalue weighted by Crippen LogP contribution is 2.28. The van der Waals surface area contributed by atoms with Crippen molar-refractivity contribution in [1.82, 2.24) is 24.8 Å². The van der Waals surface area contributed by atoms with E-state index in [2.05, 4.69) is 26.3 Å². The van der Waals surface area contributed by atoms with Gasteiger partial charge in [-0.25, -0.2) is 9.97 Å². The molecule has 3 heterocycles. The first-order valence-electron chi connectivity index (χ1n) is 8.14. The Morgan fingerprint density at radius 1 is 1.36 bits per heavy atom. The number of ether oxygens (including phenoxy) is 1. The second-order valence-corrected chi connectivity index (χ2v) is 6.16. The molecule has 2 N–H and O–H groups in total. The van der Waals surface area contributed by atoms with Gasteiger partial charge in [0.1, 0.15) is 11.4 Å². The van der Waals surface area contributed by atoms with E-state index in [1.165, 1.54) is 0 Å². The quantitative estimate of drug-likeness (QED) is 0.764. The summed E-state index contributed by atoms with van der Waals surface area (Å²) in [6, 6.07) is 7.95. The fraction of sp³-hybridized carbons (Fsp3) is 0.278. The van der Waals surface area contributed by atoms with Crippen molar-refractivity contribution in [2.24, 2.45) is 7.05 Å². The van der Waals surface area contributed by atoms with Gasteiger partial charge in [-0.05, 0) is 24.1 Å². The number of imidazole rings is 2. The zero-order valence-electron chi connectivity index (χ0n) is 14.1. The minimum absolute atomic E-state index is 0.148. The standard InChI is InChI=1S/C18H19N5O2/c1-23-7-6-19-17(23)16-21-14-9-12(10-20-18(24)15(14)22-16)11-4-3-5-13(8-11)25-2/h3-8,12H,9-10H2,1-2H3,(H,20,24)(H,21,22). The van der Waals surface area contributed by atoms with Crippen molar-refractivity contribution in [1.29, 1.82) is 0 Å². The van der Waals surface area contributed by atoms with Crippen LogP contribution in [-0.4, -0.2) is 39.1 Å². The summed E-state index contributed by atoms with van der Waals surface area (Å²) >= 11 is 0. The van der Waals surface area contributed by atoms with E-state index in [4.69, 9.17) is 4.74 Å². The van der Waals surface area contributed by atoms with E-state index in [1.54, 1.807) is 13.3 Å². The van der Waals surface area contributed by atoms with Crippen LogP contribution in [0.15, 0.2) is 36.7 Å². The van der Waals surface area contributed by atoms with Crippen LogP contribution in [0.5, 0.6) is 5.75 Å². The molecule has 1 atom stereocenters. The summed E-state index contributed by atoms with van der Waals surface area (Å²) in [5, 5.41) is 2.97. The van der Waals surface area contributed by atoms with E-state index in [0.29, 0.717) is 30.3 Å². The average molecular weight is 337 g/mol. The molecule has 0 spiro atoms. The van der Waals surface area contributed by atoms with E-state index in [-0.39, 0.29) is 11.8 Å². The highest BCUT2D eigenvalue weighted by Gasteiger charge is 2.27. The number of nitrogens with zero attached hydrogens (tertiary/aromatic N) is 3. The molecular weight excluding hydrogens is 318 g/mol. The molecule has 1 aliphatic heterocycles. The first kappa shape index (κ1) is 15.4. The van der Waals surface area contributed by atoms with Crippen LogP contribution in [0.4, 0.5) is 0 Å². The number of hydrogen-bond donors (Lipinski definition) is 2. The molecule has 1 aromatic carbocycles. The predicted octanol–water partition coefficient (Wildman–Crippen LogP) is 1.89. The molecule has 0 saturated heterocycles. The molecule has 0 fully saturated rings. The van der Waals surface area contributed by atoms with Crippen LogP contribution in [0.1, 0.15) is 27.7 Å². The van der Waals surface area contributed by atoms with Gasteiger partial charge in [0.15, 0.2) is 11.6 Å². The number of amides is 1. The van der Waals surface area contributed by atoms with Crippen molar-refractivity contribution < 1.29 is 9.53 Å². The van der Waals surface area contributed by atoms with Gasteiger partial charge in [-0.2, -0.15) is 0 Å². The first-order chi connectivity index (χ1) is 12.2. The van der Waals surface area contributed by atoms with Crippen molar-refractivity contribution in [3.05, 3.63) is 53.6 Å². The summed E-state index contributed by atoms with van der Waals surface area (Å²) in [4.78, 5) is 24.5. The number of nitrogens with one attached hydrogen (secondary N) is 2. The van der Waals surface area contributed by atoms with Crippen LogP contribution in [0.25, 0.3) is 11.6 Å². The topological polar surface area (TPSA) is 84.8 Å². The molecule has 1 unspecified atom stereocenters. The molecule has 4 rings (SSSR count). The number of aromatic nitrogens is 4. The van der Waals surface area contributed by atoms with Gasteiger partial charge < -0.3 is 19.6 Å². The maximum atomic E-state index is 12.4. The second-order valence-electron chi connectivity index (χ2n) is 6.16. The largest absolute Gasteiger partial charge is 0.497 e. The van der Waals surface area contributed by atoms with Crippen molar-refractivity contribution >= 4 is 5.91 Å². The van der Waals surface area contributed by atoms with Gasteiger partial charge in [-0.1, -0.05) is 12.1 Å². The van der Waals surface area contributed by atoms with Gasteiger partial charge >= 0.3 is 0 Å². The summed E-state index contributed by atoms with van der Waals surface area (Å²) in [5.41, 5.74) is 2.41. The lowest BCUT2D eigenvalue weighted by Gasteiger charge is -2.15. The Kier molecular flexibility index (Phi) is 3.76. The Morgan fingerprint density at radius 3 is 3.00 bits per heavy atom. The fourth-order valence-corrected chi connectivity index (χ4v) is 3.19. The van der Waals surface area contributed by atoms with Crippen molar-refractivity contribution in [3.8, 4) is 17.4 Å². The van der Waals surface area contributed by atoms with Crippen molar-refractivity contribution in [2.45, 2.75) is 12.3 Å². The van der Waals surface area contributed by atoms with E-state index in [1.807, 2.05) is 36.0 Å². The molecular formula is C18H19N5O2. The molecule has 3 aromatic rings. The second kappa shape index (κ2) is 6.08. The Bertz CT molecular complexity index is 927. The Balaban J connectivity index is 1.70. The fourth-order valence-electron chi connectivity index (χ4n) is 3.19. The Labute approximate surface area is 145 Å². The smallest absolute Gasteiger partial charge is 0.271 e. The van der Waals surface area contributed by atoms with Gasteiger partial charge in [0.2, 0.25) is 0 Å². The molecule has 0 aliphatic carbocycles. The lowest BCUT2D eigenvalue weighted by molar-refractivity contribution is 0.0950. The van der Waals surface area contributed by atoms with Crippen molar-refractivity contribution in [3.63, 3.8) is 0 Å². The minimum atomic E-state index is -0.155. The molecule has 1 amide bonds. The number of rotatable bonds is 3. The molecule has 128 valence electrons. The molecule has 1 aliphatic rings. The number of hydrogen-bond acceptors (Lipinski definition) is 4. The number of aryl methyl sites for hydroxylation is 1. The van der Waals surface area contributed by atoms with Crippen LogP contribution in [0.2, 0.25) is 0 Å². The van der Waals surface area contributed by atoms with Gasteiger partial charge in [0, 0.05) is 37.6 Å². The molecule has 7 nitrogen and oxygen atoms in total. The van der Waals surface area contributed by atoms with Gasteiger partial charge in [-0.3, -0.25) is 4.79 Å². The maximum Gasteiger partial charge on any atom is 0.271 e. The highest BCUT2D eigenvalue weighted by molar-refractivity contribution is 5.94. The van der Waals surface area contributed by atoms with Crippen LogP contribution in [-0.2, 0) is 13.5 Å². The van der Waals surface area contributed by atoms with E-state index in [9.17, 15) is 4.79 Å². The van der Waals surface area contributed by atoms with E-state index >= 15 is 0 Å². The number of carbonyl (C=O) groups is 1. The monoisotopic (exact) mass is 337 g/mol. The summed E-state index contributed by atoms with van der Waals surface area (Å²) in [5.74, 6) is 2.12. The third-order valence-electron chi connectivity index (χ3n) is 4.55. The Morgan fingerprint density at radius 2 is 2.24 bits per heavy atom. The van der Waals surface area contributed by atoms with Gasteiger partial charge in [-0.15, -0.1) is 0 Å². The maximum absolute atomic E-state index is 12.4. The SMILES string of the molecule is COc1cccc(C2CNC(=O)c3nc(-c4nccn4C)[nH]c3C2)c1. The van der Waals surface area contributed by atoms with Gasteiger partial charge in [0.25, 0.3) is 5.91 Å². The normalized spacial score (nSPS) is 16.9. The molecule has 0 saturated carbocycles. The number of methoxy groups -OCH3 is 1. The number of fused-ring (bicyclic) bond motifs is 1. The third-order valence-corrected chi connectivity index (χ3v) is 4.55. The summed E-state index contributed by atoms with van der Waals surface area (Å²) in [7, 11) is 3.55. The zero-order valence-corrected chi connectivity index (χ0v) is 14.1. The Hall–Kier alpha value is -3.09. The molecule has 2 aromatic heterocycles. The summed E-state index contributed by atoms with van der Waals surface area (Å²) < 4.78 is 7.19. The third kappa shape index (κ3) is 2.77. The average Bonchev–Trinajstić information content (AvgIpc) is 3.20. The molecule has 7 heteroatoms. The molecule has 0 bridgehead atoms. The van der Waals surface area contributed by atoms with Crippen LogP contribution in [0, 0.1) is 0 Å². The van der Waals surface area contributed by atoms with Crippen LogP contribution >= 0.6 is 0 Å². The highest BCUT2D eigenvalue weighted by atomic mass is 16.5. The van der Waals surface area contributed by atoms with E-state index in [0.717, 1.165) is 17.0 Å². The molecule has 25 heavy (non-hydrogen) atoms. The van der Waals surface area contributed by atoms with Gasteiger partial charge in [0.05, 0.1) is 7.11 Å². The first-order valence-corrected chi connectivity index (χ1v) is 8.14. The minimum Gasteiger partial charge on any atom is -0.497 e. The molecule has 0 radical (unpaired) electrons. The summed E-state index contributed by atoms with van der Waals surface area (Å²) in [6.07, 6.45) is 4.25. The zero-order chi connectivity index (χ0) is 17.4. The van der Waals surface area contributed by atoms with Crippen LogP contribution < -0.4 is 10.1 Å². The van der Waals surface area contributed by atoms with Crippen LogP contribution in [0.3, 0.4) is 0 Å². The van der Waals surface area contributed by atoms with E-state index < -0.39 is 0 Å². The number of carbonyl (C=O) groups excluding carboxylic acids is 1. The predicted molar refractivity (Wildman–Crippen MR) is 92.6 cm³/mol. The number of aromatic amines is 1. The lowest BCUT2D eigenvalue weighted by atomic mass is 9.94.